The molecule has 1 atom stereocenters. The fourth-order valence-electron chi connectivity index (χ4n) is 1.32. The first-order chi connectivity index (χ1) is 8.21. The lowest BCUT2D eigenvalue weighted by atomic mass is 10.1. The first-order valence-corrected chi connectivity index (χ1v) is 5.34. The Kier molecular flexibility index (Phi) is 4.32. The molecule has 1 rings (SSSR count). The van der Waals surface area contributed by atoms with Gasteiger partial charge in [-0.2, -0.15) is 13.2 Å². The van der Waals surface area contributed by atoms with Crippen LogP contribution in [-0.4, -0.2) is 12.1 Å². The molecule has 0 aromatic heterocycles. The molecule has 0 heterocycles. The van der Waals surface area contributed by atoms with Crippen LogP contribution in [0.3, 0.4) is 0 Å². The van der Waals surface area contributed by atoms with Gasteiger partial charge in [-0.15, -0.1) is 0 Å². The van der Waals surface area contributed by atoms with E-state index in [1.807, 2.05) is 5.32 Å². The second kappa shape index (κ2) is 5.37. The van der Waals surface area contributed by atoms with E-state index in [4.69, 9.17) is 0 Å². The molecule has 0 bridgehead atoms. The number of hydrogen-bond acceptors (Lipinski definition) is 1. The molecule has 1 aromatic carbocycles. The zero-order valence-electron chi connectivity index (χ0n) is 9.88. The van der Waals surface area contributed by atoms with Gasteiger partial charge >= 0.3 is 6.18 Å². The van der Waals surface area contributed by atoms with Gasteiger partial charge in [-0.3, -0.25) is 4.79 Å². The topological polar surface area (TPSA) is 29.1 Å². The Morgan fingerprint density at radius 3 is 2.06 bits per heavy atom. The van der Waals surface area contributed by atoms with Crippen LogP contribution in [0.25, 0.3) is 0 Å². The van der Waals surface area contributed by atoms with Crippen molar-refractivity contribution in [1.82, 2.24) is 5.32 Å². The van der Waals surface area contributed by atoms with Crippen LogP contribution in [0.1, 0.15) is 25.5 Å². The van der Waals surface area contributed by atoms with Gasteiger partial charge in [0.05, 0.1) is 0 Å². The largest absolute Gasteiger partial charge is 0.412 e. The molecule has 2 nitrogen and oxygen atoms in total. The molecule has 0 saturated carbocycles. The molecule has 100 valence electrons. The van der Waals surface area contributed by atoms with Gasteiger partial charge in [-0.1, -0.05) is 26.0 Å². The highest BCUT2D eigenvalue weighted by Gasteiger charge is 2.42. The maximum absolute atomic E-state index is 12.8. The summed E-state index contributed by atoms with van der Waals surface area (Å²) in [4.78, 5) is 11.4. The van der Waals surface area contributed by atoms with Crippen LogP contribution in [0, 0.1) is 11.7 Å². The van der Waals surface area contributed by atoms with Crippen molar-refractivity contribution in [2.75, 3.05) is 0 Å². The normalized spacial score (nSPS) is 13.5. The molecule has 0 fully saturated rings. The third kappa shape index (κ3) is 3.72. The van der Waals surface area contributed by atoms with Crippen molar-refractivity contribution < 1.29 is 22.4 Å². The highest BCUT2D eigenvalue weighted by molar-refractivity contribution is 5.78. The predicted octanol–water partition coefficient (Wildman–Crippen LogP) is 3.20. The van der Waals surface area contributed by atoms with Gasteiger partial charge in [-0.05, 0) is 17.7 Å². The van der Waals surface area contributed by atoms with Crippen LogP contribution in [0.15, 0.2) is 24.3 Å². The summed E-state index contributed by atoms with van der Waals surface area (Å²) in [5.41, 5.74) is -0.196. The third-order valence-electron chi connectivity index (χ3n) is 2.34. The Labute approximate surface area is 102 Å². The fourth-order valence-corrected chi connectivity index (χ4v) is 1.32. The Morgan fingerprint density at radius 1 is 1.17 bits per heavy atom. The molecule has 1 unspecified atom stereocenters. The summed E-state index contributed by atoms with van der Waals surface area (Å²) in [6, 6.07) is 1.75. The maximum Gasteiger partial charge on any atom is 0.412 e. The van der Waals surface area contributed by atoms with E-state index in [0.717, 1.165) is 24.3 Å². The van der Waals surface area contributed by atoms with Crippen molar-refractivity contribution >= 4 is 5.91 Å². The van der Waals surface area contributed by atoms with Crippen LogP contribution < -0.4 is 5.32 Å². The summed E-state index contributed by atoms with van der Waals surface area (Å²) in [6.45, 7) is 2.99. The molecule has 0 spiro atoms. The average Bonchev–Trinajstić information content (AvgIpc) is 2.25. The Hall–Kier alpha value is -1.59. The lowest BCUT2D eigenvalue weighted by Gasteiger charge is -2.23. The van der Waals surface area contributed by atoms with E-state index in [0.29, 0.717) is 0 Å². The molecule has 0 aliphatic carbocycles. The Morgan fingerprint density at radius 2 is 1.67 bits per heavy atom. The number of halogens is 4. The maximum atomic E-state index is 12.8. The zero-order chi connectivity index (χ0) is 13.9. The lowest BCUT2D eigenvalue weighted by Crippen LogP contribution is -2.40. The summed E-state index contributed by atoms with van der Waals surface area (Å²) in [5, 5.41) is 1.91. The molecule has 1 N–H and O–H groups in total. The summed E-state index contributed by atoms with van der Waals surface area (Å²) in [6.07, 6.45) is -4.62. The number of benzene rings is 1. The number of carbonyl (C=O) groups is 1. The van der Waals surface area contributed by atoms with E-state index in [-0.39, 0.29) is 5.56 Å². The number of rotatable bonds is 3. The van der Waals surface area contributed by atoms with Crippen molar-refractivity contribution in [3.05, 3.63) is 35.6 Å². The summed E-state index contributed by atoms with van der Waals surface area (Å²) in [7, 11) is 0. The standard InChI is InChI=1S/C12H13F4NO/c1-7(2)11(18)17-10(12(14,15)16)8-3-5-9(13)6-4-8/h3-7,10H,1-2H3,(H,17,18). The van der Waals surface area contributed by atoms with E-state index in [9.17, 15) is 22.4 Å². The van der Waals surface area contributed by atoms with Gasteiger partial charge in [0.15, 0.2) is 6.04 Å². The van der Waals surface area contributed by atoms with Gasteiger partial charge in [-0.25, -0.2) is 4.39 Å². The molecule has 0 radical (unpaired) electrons. The van der Waals surface area contributed by atoms with Crippen LogP contribution in [-0.2, 0) is 4.79 Å². The third-order valence-corrected chi connectivity index (χ3v) is 2.34. The number of carbonyl (C=O) groups excluding carboxylic acids is 1. The van der Waals surface area contributed by atoms with Gasteiger partial charge < -0.3 is 5.32 Å². The molecule has 6 heteroatoms. The van der Waals surface area contributed by atoms with Crippen LogP contribution in [0.4, 0.5) is 17.6 Å². The molecular formula is C12H13F4NO. The van der Waals surface area contributed by atoms with Crippen molar-refractivity contribution in [1.29, 1.82) is 0 Å². The van der Waals surface area contributed by atoms with Gasteiger partial charge in [0.1, 0.15) is 5.82 Å². The molecule has 0 saturated heterocycles. The highest BCUT2D eigenvalue weighted by Crippen LogP contribution is 2.32. The van der Waals surface area contributed by atoms with Crippen LogP contribution >= 0.6 is 0 Å². The molecule has 1 aromatic rings. The van der Waals surface area contributed by atoms with E-state index in [1.54, 1.807) is 0 Å². The summed E-state index contributed by atoms with van der Waals surface area (Å²) < 4.78 is 51.1. The molecule has 18 heavy (non-hydrogen) atoms. The Bertz CT molecular complexity index is 411. The van der Waals surface area contributed by atoms with E-state index >= 15 is 0 Å². The quantitative estimate of drug-likeness (QED) is 0.834. The number of amides is 1. The molecule has 1 amide bonds. The number of nitrogens with one attached hydrogen (secondary N) is 1. The Balaban J connectivity index is 2.99. The molecule has 0 aliphatic rings. The second-order valence-corrected chi connectivity index (χ2v) is 4.19. The summed E-state index contributed by atoms with van der Waals surface area (Å²) >= 11 is 0. The smallest absolute Gasteiger partial charge is 0.341 e. The average molecular weight is 263 g/mol. The second-order valence-electron chi connectivity index (χ2n) is 4.19. The van der Waals surface area contributed by atoms with Crippen molar-refractivity contribution in [3.8, 4) is 0 Å². The van der Waals surface area contributed by atoms with Gasteiger partial charge in [0.2, 0.25) is 5.91 Å². The fraction of sp³-hybridized carbons (Fsp3) is 0.417. The van der Waals surface area contributed by atoms with E-state index < -0.39 is 29.9 Å². The summed E-state index contributed by atoms with van der Waals surface area (Å²) in [5.74, 6) is -1.90. The molecule has 0 aliphatic heterocycles. The predicted molar refractivity (Wildman–Crippen MR) is 58.2 cm³/mol. The van der Waals surface area contributed by atoms with E-state index in [1.165, 1.54) is 13.8 Å². The van der Waals surface area contributed by atoms with Gasteiger partial charge in [0.25, 0.3) is 0 Å². The van der Waals surface area contributed by atoms with Crippen molar-refractivity contribution in [2.24, 2.45) is 5.92 Å². The first-order valence-electron chi connectivity index (χ1n) is 5.34. The number of hydrogen-bond donors (Lipinski definition) is 1. The first kappa shape index (κ1) is 14.5. The monoisotopic (exact) mass is 263 g/mol. The van der Waals surface area contributed by atoms with Crippen molar-refractivity contribution in [3.63, 3.8) is 0 Å². The van der Waals surface area contributed by atoms with Crippen LogP contribution in [0.5, 0.6) is 0 Å². The van der Waals surface area contributed by atoms with Gasteiger partial charge in [0, 0.05) is 5.92 Å². The number of alkyl halides is 3. The highest BCUT2D eigenvalue weighted by atomic mass is 19.4. The van der Waals surface area contributed by atoms with Crippen LogP contribution in [0.2, 0.25) is 0 Å². The minimum Gasteiger partial charge on any atom is -0.341 e. The zero-order valence-corrected chi connectivity index (χ0v) is 9.88. The van der Waals surface area contributed by atoms with Crippen molar-refractivity contribution in [2.45, 2.75) is 26.1 Å². The van der Waals surface area contributed by atoms with E-state index in [2.05, 4.69) is 0 Å². The molecular weight excluding hydrogens is 250 g/mol. The minimum absolute atomic E-state index is 0.196. The SMILES string of the molecule is CC(C)C(=O)NC(c1ccc(F)cc1)C(F)(F)F. The lowest BCUT2D eigenvalue weighted by molar-refractivity contribution is -0.164. The minimum atomic E-state index is -4.62.